The number of guanidine groups is 1. The minimum Gasteiger partial charge on any atom is -0.469 e. The molecular weight excluding hydrogens is 532 g/mol. The van der Waals surface area contributed by atoms with Gasteiger partial charge in [0.2, 0.25) is 0 Å². The van der Waals surface area contributed by atoms with Gasteiger partial charge in [0.25, 0.3) is 0 Å². The number of hydrogen-bond acceptors (Lipinski definition) is 3. The number of benzene rings is 1. The van der Waals surface area contributed by atoms with Crippen LogP contribution in [-0.2, 0) is 19.1 Å². The van der Waals surface area contributed by atoms with Crippen LogP contribution in [0.2, 0.25) is 0 Å². The summed E-state index contributed by atoms with van der Waals surface area (Å²) < 4.78 is 44.3. The van der Waals surface area contributed by atoms with Crippen molar-refractivity contribution in [3.63, 3.8) is 0 Å². The van der Waals surface area contributed by atoms with Crippen molar-refractivity contribution in [1.82, 2.24) is 15.5 Å². The maximum atomic E-state index is 13.0. The molecule has 3 rings (SSSR count). The fraction of sp³-hybridized carbons (Fsp3) is 0.522. The third-order valence-electron chi connectivity index (χ3n) is 5.52. The molecule has 1 aromatic carbocycles. The zero-order valence-corrected chi connectivity index (χ0v) is 20.8. The fourth-order valence-corrected chi connectivity index (χ4v) is 3.68. The molecule has 1 fully saturated rings. The first-order valence-corrected chi connectivity index (χ1v) is 10.8. The van der Waals surface area contributed by atoms with E-state index in [4.69, 9.17) is 4.42 Å². The number of piperidine rings is 1. The van der Waals surface area contributed by atoms with Gasteiger partial charge in [-0.05, 0) is 56.5 Å². The fourth-order valence-electron chi connectivity index (χ4n) is 3.68. The number of furan rings is 1. The van der Waals surface area contributed by atoms with Crippen molar-refractivity contribution in [2.45, 2.75) is 57.9 Å². The van der Waals surface area contributed by atoms with Gasteiger partial charge >= 0.3 is 6.18 Å². The van der Waals surface area contributed by atoms with Crippen molar-refractivity contribution in [2.24, 2.45) is 4.99 Å². The van der Waals surface area contributed by atoms with Crippen LogP contribution in [0.5, 0.6) is 0 Å². The second-order valence-electron chi connectivity index (χ2n) is 8.17. The standard InChI is InChI=1S/C23H31F3N4O.HI/c1-17(2)30-12-9-20(10-13-30)29-22(27-11-8-21-7-4-14-31-21)28-16-18-5-3-6-19(15-18)23(24,25)26;/h3-7,14-15,17,20H,8-13,16H2,1-2H3,(H2,27,28,29);1H. The molecule has 1 saturated heterocycles. The van der Waals surface area contributed by atoms with Crippen LogP contribution in [-0.4, -0.2) is 42.6 Å². The van der Waals surface area contributed by atoms with E-state index in [0.29, 0.717) is 30.5 Å². The number of nitrogens with one attached hydrogen (secondary N) is 2. The normalized spacial score (nSPS) is 16.1. The van der Waals surface area contributed by atoms with Gasteiger partial charge in [0.1, 0.15) is 5.76 Å². The summed E-state index contributed by atoms with van der Waals surface area (Å²) in [6, 6.07) is 9.90. The van der Waals surface area contributed by atoms with E-state index < -0.39 is 11.7 Å². The molecule has 0 saturated carbocycles. The third kappa shape index (κ3) is 8.31. The molecule has 9 heteroatoms. The lowest BCUT2D eigenvalue weighted by atomic mass is 10.0. The van der Waals surface area contributed by atoms with Crippen molar-refractivity contribution in [2.75, 3.05) is 19.6 Å². The van der Waals surface area contributed by atoms with Gasteiger partial charge in [-0.1, -0.05) is 12.1 Å². The van der Waals surface area contributed by atoms with Crippen LogP contribution in [0.25, 0.3) is 0 Å². The SMILES string of the molecule is CC(C)N1CCC(NC(=NCc2cccc(C(F)(F)F)c2)NCCc2ccco2)CC1.I. The Bertz CT molecular complexity index is 832. The lowest BCUT2D eigenvalue weighted by Crippen LogP contribution is -2.50. The van der Waals surface area contributed by atoms with Crippen molar-refractivity contribution in [3.8, 4) is 0 Å². The molecule has 2 N–H and O–H groups in total. The lowest BCUT2D eigenvalue weighted by Gasteiger charge is -2.35. The summed E-state index contributed by atoms with van der Waals surface area (Å²) in [5, 5.41) is 6.77. The van der Waals surface area contributed by atoms with Gasteiger partial charge in [0, 0.05) is 38.1 Å². The molecule has 2 heterocycles. The van der Waals surface area contributed by atoms with Gasteiger partial charge in [0.15, 0.2) is 5.96 Å². The predicted molar refractivity (Wildman–Crippen MR) is 131 cm³/mol. The summed E-state index contributed by atoms with van der Waals surface area (Å²) >= 11 is 0. The number of aliphatic imine (C=N–C) groups is 1. The van der Waals surface area contributed by atoms with Crippen molar-refractivity contribution in [3.05, 3.63) is 59.5 Å². The maximum Gasteiger partial charge on any atom is 0.416 e. The third-order valence-corrected chi connectivity index (χ3v) is 5.52. The number of alkyl halides is 3. The van der Waals surface area contributed by atoms with E-state index in [-0.39, 0.29) is 36.6 Å². The Morgan fingerprint density at radius 3 is 2.56 bits per heavy atom. The zero-order chi connectivity index (χ0) is 22.3. The first-order chi connectivity index (χ1) is 14.8. The lowest BCUT2D eigenvalue weighted by molar-refractivity contribution is -0.137. The quantitative estimate of drug-likeness (QED) is 0.280. The Balaban J connectivity index is 0.00000363. The molecule has 2 aromatic rings. The average molecular weight is 564 g/mol. The minimum absolute atomic E-state index is 0. The Labute approximate surface area is 204 Å². The molecule has 1 aromatic heterocycles. The molecule has 5 nitrogen and oxygen atoms in total. The monoisotopic (exact) mass is 564 g/mol. The van der Waals surface area contributed by atoms with E-state index in [1.165, 1.54) is 6.07 Å². The second kappa shape index (κ2) is 12.5. The topological polar surface area (TPSA) is 52.8 Å². The molecule has 32 heavy (non-hydrogen) atoms. The molecule has 0 bridgehead atoms. The summed E-state index contributed by atoms with van der Waals surface area (Å²) in [5.41, 5.74) is -0.127. The van der Waals surface area contributed by atoms with Crippen LogP contribution in [0.1, 0.15) is 43.6 Å². The van der Waals surface area contributed by atoms with Gasteiger partial charge in [0.05, 0.1) is 18.4 Å². The predicted octanol–water partition coefficient (Wildman–Crippen LogP) is 5.07. The van der Waals surface area contributed by atoms with Gasteiger partial charge in [-0.25, -0.2) is 4.99 Å². The average Bonchev–Trinajstić information content (AvgIpc) is 3.25. The second-order valence-corrected chi connectivity index (χ2v) is 8.17. The van der Waals surface area contributed by atoms with Crippen LogP contribution >= 0.6 is 24.0 Å². The van der Waals surface area contributed by atoms with Crippen molar-refractivity contribution >= 4 is 29.9 Å². The summed E-state index contributed by atoms with van der Waals surface area (Å²) in [6.07, 6.45) is -0.0183. The van der Waals surface area contributed by atoms with Gasteiger partial charge < -0.3 is 20.0 Å². The van der Waals surface area contributed by atoms with Gasteiger partial charge in [-0.2, -0.15) is 13.2 Å². The molecule has 1 aliphatic heterocycles. The molecule has 0 atom stereocenters. The largest absolute Gasteiger partial charge is 0.469 e. The molecule has 0 unspecified atom stereocenters. The Kier molecular flexibility index (Phi) is 10.3. The van der Waals surface area contributed by atoms with E-state index in [2.05, 4.69) is 34.4 Å². The van der Waals surface area contributed by atoms with Crippen LogP contribution in [0, 0.1) is 0 Å². The molecule has 0 spiro atoms. The summed E-state index contributed by atoms with van der Waals surface area (Å²) in [4.78, 5) is 7.01. The van der Waals surface area contributed by atoms with Crippen LogP contribution in [0.3, 0.4) is 0 Å². The Morgan fingerprint density at radius 2 is 1.94 bits per heavy atom. The van der Waals surface area contributed by atoms with Crippen LogP contribution < -0.4 is 10.6 Å². The molecule has 0 aliphatic carbocycles. The summed E-state index contributed by atoms with van der Waals surface area (Å²) in [7, 11) is 0. The summed E-state index contributed by atoms with van der Waals surface area (Å²) in [5.74, 6) is 1.49. The van der Waals surface area contributed by atoms with E-state index >= 15 is 0 Å². The first-order valence-electron chi connectivity index (χ1n) is 10.8. The van der Waals surface area contributed by atoms with E-state index in [1.54, 1.807) is 12.3 Å². The summed E-state index contributed by atoms with van der Waals surface area (Å²) in [6.45, 7) is 7.22. The molecule has 0 amide bonds. The highest BCUT2D eigenvalue weighted by atomic mass is 127. The van der Waals surface area contributed by atoms with Crippen molar-refractivity contribution in [1.29, 1.82) is 0 Å². The van der Waals surface area contributed by atoms with Crippen LogP contribution in [0.4, 0.5) is 13.2 Å². The molecule has 1 aliphatic rings. The number of nitrogens with zero attached hydrogens (tertiary/aromatic N) is 2. The number of halogens is 4. The van der Waals surface area contributed by atoms with Gasteiger partial charge in [-0.3, -0.25) is 0 Å². The van der Waals surface area contributed by atoms with E-state index in [1.807, 2.05) is 12.1 Å². The van der Waals surface area contributed by atoms with Crippen LogP contribution in [0.15, 0.2) is 52.1 Å². The number of hydrogen-bond donors (Lipinski definition) is 2. The first kappa shape index (κ1) is 26.5. The highest BCUT2D eigenvalue weighted by Crippen LogP contribution is 2.29. The number of rotatable bonds is 7. The van der Waals surface area contributed by atoms with Crippen molar-refractivity contribution < 1.29 is 17.6 Å². The highest BCUT2D eigenvalue weighted by molar-refractivity contribution is 14.0. The number of likely N-dealkylation sites (tertiary alicyclic amines) is 1. The van der Waals surface area contributed by atoms with Gasteiger partial charge in [-0.15, -0.1) is 24.0 Å². The Hall–Kier alpha value is -1.75. The van der Waals surface area contributed by atoms with E-state index in [9.17, 15) is 13.2 Å². The maximum absolute atomic E-state index is 13.0. The highest BCUT2D eigenvalue weighted by Gasteiger charge is 2.30. The molecular formula is C23H32F3IN4O. The zero-order valence-electron chi connectivity index (χ0n) is 18.5. The Morgan fingerprint density at radius 1 is 1.19 bits per heavy atom. The molecule has 0 radical (unpaired) electrons. The minimum atomic E-state index is -4.35. The van der Waals surface area contributed by atoms with E-state index in [0.717, 1.165) is 43.8 Å². The molecule has 178 valence electrons. The smallest absolute Gasteiger partial charge is 0.416 e.